The number of hydrogen-bond donors (Lipinski definition) is 1. The lowest BCUT2D eigenvalue weighted by molar-refractivity contribution is -0.163. The highest BCUT2D eigenvalue weighted by atomic mass is 16.6. The molecule has 0 aromatic carbocycles. The summed E-state index contributed by atoms with van der Waals surface area (Å²) in [6.45, 7) is 31.0. The van der Waals surface area contributed by atoms with Crippen LogP contribution in [0.15, 0.2) is 0 Å². The molecular weight excluding hydrogens is 456 g/mol. The quantitative estimate of drug-likeness (QED) is 0.176. The summed E-state index contributed by atoms with van der Waals surface area (Å²) >= 11 is 0. The lowest BCUT2D eigenvalue weighted by atomic mass is 9.89. The number of hydrogen-bond acceptors (Lipinski definition) is 6. The van der Waals surface area contributed by atoms with E-state index in [9.17, 15) is 5.11 Å². The van der Waals surface area contributed by atoms with Crippen molar-refractivity contribution in [1.29, 1.82) is 0 Å². The van der Waals surface area contributed by atoms with E-state index in [1.165, 1.54) is 0 Å². The molecule has 0 aromatic heterocycles. The van der Waals surface area contributed by atoms with E-state index in [-0.39, 0.29) is 40.7 Å². The van der Waals surface area contributed by atoms with Crippen molar-refractivity contribution in [1.82, 2.24) is 0 Å². The summed E-state index contributed by atoms with van der Waals surface area (Å²) in [6.07, 6.45) is 3.18. The van der Waals surface area contributed by atoms with Crippen molar-refractivity contribution in [2.24, 2.45) is 5.92 Å². The average Bonchev–Trinajstić information content (AvgIpc) is 2.67. The minimum atomic E-state index is -0.429. The fraction of sp³-hybridized carbons (Fsp3) is 1.00. The molecule has 0 rings (SSSR count). The van der Waals surface area contributed by atoms with E-state index in [1.54, 1.807) is 6.92 Å². The summed E-state index contributed by atoms with van der Waals surface area (Å²) in [6, 6.07) is 0. The van der Waals surface area contributed by atoms with Crippen LogP contribution in [0, 0.1) is 5.92 Å². The number of rotatable bonds is 20. The fourth-order valence-corrected chi connectivity index (χ4v) is 4.62. The van der Waals surface area contributed by atoms with Gasteiger partial charge in [0.2, 0.25) is 0 Å². The minimum absolute atomic E-state index is 0.0345. The van der Waals surface area contributed by atoms with Gasteiger partial charge in [-0.15, -0.1) is 0 Å². The Morgan fingerprint density at radius 1 is 0.639 bits per heavy atom. The van der Waals surface area contributed by atoms with Gasteiger partial charge in [0.05, 0.1) is 60.0 Å². The molecule has 0 spiro atoms. The third-order valence-electron chi connectivity index (χ3n) is 6.90. The summed E-state index contributed by atoms with van der Waals surface area (Å²) in [5, 5.41) is 9.35. The Kier molecular flexibility index (Phi) is 15.3. The van der Waals surface area contributed by atoms with E-state index >= 15 is 0 Å². The van der Waals surface area contributed by atoms with Crippen LogP contribution in [0.5, 0.6) is 0 Å². The van der Waals surface area contributed by atoms with Crippen molar-refractivity contribution in [3.8, 4) is 0 Å². The maximum atomic E-state index is 9.35. The van der Waals surface area contributed by atoms with Crippen LogP contribution < -0.4 is 0 Å². The highest BCUT2D eigenvalue weighted by molar-refractivity contribution is 4.81. The van der Waals surface area contributed by atoms with Crippen LogP contribution in [0.3, 0.4) is 0 Å². The molecule has 0 saturated heterocycles. The molecule has 0 radical (unpaired) electrons. The molecule has 0 saturated carbocycles. The maximum absolute atomic E-state index is 9.35. The van der Waals surface area contributed by atoms with Gasteiger partial charge in [-0.2, -0.15) is 0 Å². The molecule has 5 atom stereocenters. The third-order valence-corrected chi connectivity index (χ3v) is 6.90. The van der Waals surface area contributed by atoms with E-state index in [0.29, 0.717) is 25.7 Å². The van der Waals surface area contributed by atoms with Crippen molar-refractivity contribution in [3.05, 3.63) is 0 Å². The van der Waals surface area contributed by atoms with E-state index < -0.39 is 6.10 Å². The summed E-state index contributed by atoms with van der Waals surface area (Å²) in [4.78, 5) is 0. The van der Waals surface area contributed by atoms with Crippen molar-refractivity contribution >= 4 is 0 Å². The van der Waals surface area contributed by atoms with Crippen LogP contribution in [0.25, 0.3) is 0 Å². The standard InChI is InChI=1S/C30H62O6/c1-15-27(7,8)34-24(4)18-28(9,10)33-21-26(6)35-29(11,12)19-25(5)36-30(13,14)22(2)16-17-32-20-23(3)31/h22-26,31H,15-21H2,1-14H3. The number of aliphatic hydroxyl groups is 1. The van der Waals surface area contributed by atoms with Crippen LogP contribution in [0.2, 0.25) is 0 Å². The van der Waals surface area contributed by atoms with Gasteiger partial charge in [0.25, 0.3) is 0 Å². The SMILES string of the molecule is CCC(C)(C)OC(C)CC(C)(C)OCC(C)OC(C)(C)CC(C)OC(C)(C)C(C)CCOCC(C)O. The van der Waals surface area contributed by atoms with Gasteiger partial charge in [-0.25, -0.2) is 0 Å². The maximum Gasteiger partial charge on any atom is 0.0788 e. The van der Waals surface area contributed by atoms with E-state index in [4.69, 9.17) is 23.7 Å². The highest BCUT2D eigenvalue weighted by Gasteiger charge is 2.33. The molecule has 6 heteroatoms. The first kappa shape index (κ1) is 35.8. The molecule has 0 aliphatic carbocycles. The van der Waals surface area contributed by atoms with Gasteiger partial charge in [-0.05, 0) is 102 Å². The molecule has 0 amide bonds. The second kappa shape index (κ2) is 15.4. The zero-order valence-corrected chi connectivity index (χ0v) is 26.3. The van der Waals surface area contributed by atoms with E-state index in [1.807, 2.05) is 0 Å². The molecule has 0 heterocycles. The van der Waals surface area contributed by atoms with Crippen molar-refractivity contribution in [2.45, 2.75) is 169 Å². The molecule has 0 fully saturated rings. The molecule has 0 bridgehead atoms. The Balaban J connectivity index is 4.61. The Bertz CT molecular complexity index is 584. The molecule has 0 aromatic rings. The summed E-state index contributed by atoms with van der Waals surface area (Å²) < 4.78 is 30.9. The van der Waals surface area contributed by atoms with E-state index in [2.05, 4.69) is 90.0 Å². The predicted molar refractivity (Wildman–Crippen MR) is 150 cm³/mol. The molecule has 218 valence electrons. The molecular formula is C30H62O6. The zero-order chi connectivity index (χ0) is 28.4. The third kappa shape index (κ3) is 16.6. The van der Waals surface area contributed by atoms with Crippen LogP contribution in [0.1, 0.15) is 123 Å². The molecule has 0 aliphatic heterocycles. The van der Waals surface area contributed by atoms with E-state index in [0.717, 1.165) is 25.7 Å². The lowest BCUT2D eigenvalue weighted by Gasteiger charge is -2.38. The smallest absolute Gasteiger partial charge is 0.0788 e. The fourth-order valence-electron chi connectivity index (χ4n) is 4.62. The summed E-state index contributed by atoms with van der Waals surface area (Å²) in [7, 11) is 0. The van der Waals surface area contributed by atoms with Crippen LogP contribution >= 0.6 is 0 Å². The normalized spacial score (nSPS) is 18.1. The minimum Gasteiger partial charge on any atom is -0.391 e. The number of ether oxygens (including phenoxy) is 5. The first-order valence-electron chi connectivity index (χ1n) is 14.1. The lowest BCUT2D eigenvalue weighted by Crippen LogP contribution is -2.41. The molecule has 1 N–H and O–H groups in total. The van der Waals surface area contributed by atoms with Gasteiger partial charge in [-0.1, -0.05) is 13.8 Å². The van der Waals surface area contributed by atoms with Gasteiger partial charge in [0.15, 0.2) is 0 Å². The largest absolute Gasteiger partial charge is 0.391 e. The summed E-state index contributed by atoms with van der Waals surface area (Å²) in [5.41, 5.74) is -1.03. The molecule has 6 nitrogen and oxygen atoms in total. The van der Waals surface area contributed by atoms with Crippen molar-refractivity contribution in [2.75, 3.05) is 19.8 Å². The van der Waals surface area contributed by atoms with Crippen LogP contribution in [0.4, 0.5) is 0 Å². The Morgan fingerprint density at radius 3 is 1.67 bits per heavy atom. The van der Waals surface area contributed by atoms with Gasteiger partial charge in [-0.3, -0.25) is 0 Å². The van der Waals surface area contributed by atoms with Crippen LogP contribution in [-0.4, -0.2) is 71.7 Å². The predicted octanol–water partition coefficient (Wildman–Crippen LogP) is 6.95. The van der Waals surface area contributed by atoms with Crippen molar-refractivity contribution < 1.29 is 28.8 Å². The first-order chi connectivity index (χ1) is 16.2. The summed E-state index contributed by atoms with van der Waals surface area (Å²) in [5.74, 6) is 0.321. The van der Waals surface area contributed by atoms with Gasteiger partial charge < -0.3 is 28.8 Å². The number of aliphatic hydroxyl groups excluding tert-OH is 1. The Morgan fingerprint density at radius 2 is 1.14 bits per heavy atom. The van der Waals surface area contributed by atoms with Gasteiger partial charge in [0.1, 0.15) is 0 Å². The topological polar surface area (TPSA) is 66.4 Å². The average molecular weight is 519 g/mol. The monoisotopic (exact) mass is 518 g/mol. The first-order valence-corrected chi connectivity index (χ1v) is 14.1. The van der Waals surface area contributed by atoms with Gasteiger partial charge in [0, 0.05) is 19.4 Å². The molecule has 5 unspecified atom stereocenters. The highest BCUT2D eigenvalue weighted by Crippen LogP contribution is 2.30. The van der Waals surface area contributed by atoms with Crippen LogP contribution in [-0.2, 0) is 23.7 Å². The Hall–Kier alpha value is -0.240. The second-order valence-corrected chi connectivity index (χ2v) is 13.4. The van der Waals surface area contributed by atoms with Gasteiger partial charge >= 0.3 is 0 Å². The Labute approximate surface area is 224 Å². The molecule has 0 aliphatic rings. The zero-order valence-electron chi connectivity index (χ0n) is 26.3. The molecule has 36 heavy (non-hydrogen) atoms. The second-order valence-electron chi connectivity index (χ2n) is 13.4. The van der Waals surface area contributed by atoms with Crippen molar-refractivity contribution in [3.63, 3.8) is 0 Å².